The normalized spacial score (nSPS) is 20.8. The smallest absolute Gasteiger partial charge is 0.422 e. The van der Waals surface area contributed by atoms with Crippen molar-refractivity contribution in [2.24, 2.45) is 5.41 Å². The van der Waals surface area contributed by atoms with Gasteiger partial charge in [-0.05, 0) is 24.8 Å². The molecule has 2 rings (SSSR count). The molecule has 21 heavy (non-hydrogen) atoms. The molecule has 1 amide bonds. The van der Waals surface area contributed by atoms with Gasteiger partial charge in [-0.1, -0.05) is 13.8 Å². The van der Waals surface area contributed by atoms with E-state index in [1.165, 1.54) is 0 Å². The Kier molecular flexibility index (Phi) is 3.95. The molecule has 1 aromatic rings. The molecular weight excluding hydrogens is 287 g/mol. The summed E-state index contributed by atoms with van der Waals surface area (Å²) in [6.45, 7) is 4.24. The summed E-state index contributed by atoms with van der Waals surface area (Å²) >= 11 is 0. The van der Waals surface area contributed by atoms with Crippen molar-refractivity contribution in [3.8, 4) is 0 Å². The average Bonchev–Trinajstić information content (AvgIpc) is 2.64. The first-order chi connectivity index (χ1) is 9.56. The molecule has 7 heteroatoms. The van der Waals surface area contributed by atoms with E-state index < -0.39 is 24.9 Å². The van der Waals surface area contributed by atoms with E-state index in [1.807, 2.05) is 13.8 Å². The summed E-state index contributed by atoms with van der Waals surface area (Å²) in [7, 11) is 0. The maximum absolute atomic E-state index is 12.0. The fourth-order valence-corrected chi connectivity index (χ4v) is 2.64. The minimum atomic E-state index is -4.53. The molecule has 0 aliphatic heterocycles. The Morgan fingerprint density at radius 2 is 2.19 bits per heavy atom. The Morgan fingerprint density at radius 1 is 1.52 bits per heavy atom. The third-order valence-corrected chi connectivity index (χ3v) is 3.40. The maximum atomic E-state index is 12.0. The Balaban J connectivity index is 2.07. The van der Waals surface area contributed by atoms with E-state index in [2.05, 4.69) is 10.1 Å². The average molecular weight is 305 g/mol. The lowest BCUT2D eigenvalue weighted by molar-refractivity contribution is -0.160. The topological polar surface area (TPSA) is 51.5 Å². The molecule has 0 aromatic carbocycles. The predicted molar refractivity (Wildman–Crippen MR) is 68.8 cm³/mol. The van der Waals surface area contributed by atoms with Crippen LogP contribution in [0.25, 0.3) is 0 Å². The van der Waals surface area contributed by atoms with Crippen LogP contribution >= 0.6 is 0 Å². The Bertz CT molecular complexity index is 534. The molecule has 118 valence electrons. The van der Waals surface area contributed by atoms with Gasteiger partial charge in [0.15, 0.2) is 6.61 Å². The number of hydrogen-bond acceptors (Lipinski definition) is 3. The zero-order valence-electron chi connectivity index (χ0n) is 12.1. The first kappa shape index (κ1) is 15.7. The van der Waals surface area contributed by atoms with Gasteiger partial charge in [0, 0.05) is 12.0 Å². The molecule has 0 spiro atoms. The van der Waals surface area contributed by atoms with Crippen molar-refractivity contribution in [3.05, 3.63) is 23.2 Å². The molecule has 0 saturated carbocycles. The van der Waals surface area contributed by atoms with Gasteiger partial charge in [0.05, 0.1) is 6.04 Å². The van der Waals surface area contributed by atoms with Crippen molar-refractivity contribution >= 4 is 6.09 Å². The van der Waals surface area contributed by atoms with Crippen molar-refractivity contribution in [3.63, 3.8) is 0 Å². The van der Waals surface area contributed by atoms with Gasteiger partial charge in [-0.15, -0.1) is 0 Å². The van der Waals surface area contributed by atoms with Crippen LogP contribution in [-0.4, -0.2) is 18.9 Å². The van der Waals surface area contributed by atoms with Crippen LogP contribution in [0.15, 0.2) is 10.5 Å². The van der Waals surface area contributed by atoms with Crippen molar-refractivity contribution in [2.45, 2.75) is 45.8 Å². The van der Waals surface area contributed by atoms with Crippen molar-refractivity contribution in [1.82, 2.24) is 5.32 Å². The molecule has 1 aromatic heterocycles. The highest BCUT2D eigenvalue weighted by Gasteiger charge is 2.36. The summed E-state index contributed by atoms with van der Waals surface area (Å²) in [5.74, 6) is 1.48. The zero-order valence-corrected chi connectivity index (χ0v) is 12.1. The molecule has 1 aliphatic carbocycles. The zero-order chi connectivity index (χ0) is 15.8. The fraction of sp³-hybridized carbons (Fsp3) is 0.643. The van der Waals surface area contributed by atoms with Crippen LogP contribution < -0.4 is 5.32 Å². The number of ether oxygens (including phenoxy) is 1. The number of rotatable bonds is 2. The summed E-state index contributed by atoms with van der Waals surface area (Å²) in [5, 5.41) is 2.50. The summed E-state index contributed by atoms with van der Waals surface area (Å²) in [6.07, 6.45) is -4.26. The second-order valence-corrected chi connectivity index (χ2v) is 6.17. The van der Waals surface area contributed by atoms with Gasteiger partial charge in [-0.3, -0.25) is 0 Å². The van der Waals surface area contributed by atoms with Crippen molar-refractivity contribution in [1.29, 1.82) is 0 Å². The second kappa shape index (κ2) is 5.27. The van der Waals surface area contributed by atoms with Crippen LogP contribution in [-0.2, 0) is 11.2 Å². The molecule has 0 saturated heterocycles. The quantitative estimate of drug-likeness (QED) is 0.902. The first-order valence-electron chi connectivity index (χ1n) is 6.65. The Hall–Kier alpha value is -1.66. The molecule has 1 heterocycles. The Morgan fingerprint density at radius 3 is 2.81 bits per heavy atom. The lowest BCUT2D eigenvalue weighted by Crippen LogP contribution is -2.37. The number of alkyl carbamates (subject to hydrolysis) is 1. The van der Waals surface area contributed by atoms with Crippen LogP contribution in [0.2, 0.25) is 0 Å². The van der Waals surface area contributed by atoms with Crippen molar-refractivity contribution < 1.29 is 27.1 Å². The number of nitrogens with one attached hydrogen (secondary N) is 1. The standard InChI is InChI=1S/C14H18F3NO3/c1-8-4-9-10(5-13(2,3)6-11(9)21-8)18-12(19)20-7-14(15,16)17/h4,10H,5-7H2,1-3H3,(H,18,19). The van der Waals surface area contributed by atoms with Crippen LogP contribution in [0.1, 0.15) is 43.4 Å². The van der Waals surface area contributed by atoms with Crippen molar-refractivity contribution in [2.75, 3.05) is 6.61 Å². The lowest BCUT2D eigenvalue weighted by Gasteiger charge is -2.34. The minimum Gasteiger partial charge on any atom is -0.466 e. The third-order valence-electron chi connectivity index (χ3n) is 3.40. The van der Waals surface area contributed by atoms with E-state index in [-0.39, 0.29) is 5.41 Å². The third kappa shape index (κ3) is 4.15. The number of fused-ring (bicyclic) bond motifs is 1. The molecule has 0 radical (unpaired) electrons. The van der Waals surface area contributed by atoms with Crippen LogP contribution in [0, 0.1) is 12.3 Å². The number of aryl methyl sites for hydroxylation is 1. The van der Waals surface area contributed by atoms with Gasteiger partial charge in [-0.25, -0.2) is 4.79 Å². The maximum Gasteiger partial charge on any atom is 0.422 e. The lowest BCUT2D eigenvalue weighted by atomic mass is 9.75. The van der Waals surface area contributed by atoms with E-state index in [9.17, 15) is 18.0 Å². The highest BCUT2D eigenvalue weighted by Crippen LogP contribution is 2.42. The van der Waals surface area contributed by atoms with E-state index in [0.717, 1.165) is 17.7 Å². The van der Waals surface area contributed by atoms with Gasteiger partial charge in [0.25, 0.3) is 0 Å². The number of hydrogen-bond donors (Lipinski definition) is 1. The number of alkyl halides is 3. The highest BCUT2D eigenvalue weighted by atomic mass is 19.4. The van der Waals surface area contributed by atoms with Crippen LogP contribution in [0.4, 0.5) is 18.0 Å². The molecule has 1 aliphatic rings. The molecule has 4 nitrogen and oxygen atoms in total. The van der Waals surface area contributed by atoms with Gasteiger partial charge in [0.1, 0.15) is 11.5 Å². The molecule has 0 bridgehead atoms. The van der Waals surface area contributed by atoms with Gasteiger partial charge >= 0.3 is 12.3 Å². The summed E-state index contributed by atoms with van der Waals surface area (Å²) < 4.78 is 45.9. The fourth-order valence-electron chi connectivity index (χ4n) is 2.64. The number of amides is 1. The number of halogens is 3. The number of furan rings is 1. The first-order valence-corrected chi connectivity index (χ1v) is 6.65. The summed E-state index contributed by atoms with van der Waals surface area (Å²) in [5.41, 5.74) is 0.704. The largest absolute Gasteiger partial charge is 0.466 e. The summed E-state index contributed by atoms with van der Waals surface area (Å²) in [6, 6.07) is 1.40. The van der Waals surface area contributed by atoms with E-state index in [4.69, 9.17) is 4.42 Å². The monoisotopic (exact) mass is 305 g/mol. The SMILES string of the molecule is Cc1cc2c(o1)CC(C)(C)CC2NC(=O)OCC(F)(F)F. The highest BCUT2D eigenvalue weighted by molar-refractivity contribution is 5.68. The number of carbonyl (C=O) groups is 1. The van der Waals surface area contributed by atoms with Gasteiger partial charge in [-0.2, -0.15) is 13.2 Å². The Labute approximate surface area is 120 Å². The molecular formula is C14H18F3NO3. The van der Waals surface area contributed by atoms with Gasteiger partial charge in [0.2, 0.25) is 0 Å². The predicted octanol–water partition coefficient (Wildman–Crippen LogP) is 3.89. The second-order valence-electron chi connectivity index (χ2n) is 6.17. The van der Waals surface area contributed by atoms with Crippen LogP contribution in [0.3, 0.4) is 0 Å². The van der Waals surface area contributed by atoms with E-state index in [1.54, 1.807) is 13.0 Å². The molecule has 0 fully saturated rings. The van der Waals surface area contributed by atoms with E-state index in [0.29, 0.717) is 12.2 Å². The van der Waals surface area contributed by atoms with Crippen LogP contribution in [0.5, 0.6) is 0 Å². The molecule has 1 N–H and O–H groups in total. The minimum absolute atomic E-state index is 0.112. The van der Waals surface area contributed by atoms with Gasteiger partial charge < -0.3 is 14.5 Å². The van der Waals surface area contributed by atoms with E-state index >= 15 is 0 Å². The molecule has 1 unspecified atom stereocenters. The summed E-state index contributed by atoms with van der Waals surface area (Å²) in [4.78, 5) is 11.5. The molecule has 1 atom stereocenters. The number of carbonyl (C=O) groups excluding carboxylic acids is 1.